The van der Waals surface area contributed by atoms with Crippen LogP contribution in [0.2, 0.25) is 0 Å². The predicted molar refractivity (Wildman–Crippen MR) is 138 cm³/mol. The van der Waals surface area contributed by atoms with Gasteiger partial charge in [-0.1, -0.05) is 18.2 Å². The number of hydrogen-bond acceptors (Lipinski definition) is 7. The Hall–Kier alpha value is -4.14. The van der Waals surface area contributed by atoms with Crippen LogP contribution in [-0.2, 0) is 4.74 Å². The van der Waals surface area contributed by atoms with Crippen LogP contribution in [0.1, 0.15) is 39.7 Å². The van der Waals surface area contributed by atoms with E-state index in [0.29, 0.717) is 24.4 Å². The Balaban J connectivity index is 1.31. The van der Waals surface area contributed by atoms with Crippen LogP contribution in [0.3, 0.4) is 0 Å². The van der Waals surface area contributed by atoms with Gasteiger partial charge in [0, 0.05) is 18.8 Å². The minimum atomic E-state index is -0.522. The summed E-state index contributed by atoms with van der Waals surface area (Å²) >= 11 is 0. The van der Waals surface area contributed by atoms with Crippen molar-refractivity contribution < 1.29 is 14.3 Å². The monoisotopic (exact) mass is 486 g/mol. The van der Waals surface area contributed by atoms with E-state index in [0.717, 1.165) is 35.7 Å². The van der Waals surface area contributed by atoms with Gasteiger partial charge < -0.3 is 24.3 Å². The van der Waals surface area contributed by atoms with E-state index in [1.807, 2.05) is 79.9 Å². The zero-order chi connectivity index (χ0) is 25.1. The third-order valence-electron chi connectivity index (χ3n) is 5.90. The fourth-order valence-corrected chi connectivity index (χ4v) is 4.25. The first-order valence-electron chi connectivity index (χ1n) is 12.1. The zero-order valence-electron chi connectivity index (χ0n) is 20.7. The molecular formula is C27H30N6O3. The quantitative estimate of drug-likeness (QED) is 0.373. The van der Waals surface area contributed by atoms with Gasteiger partial charge in [-0.3, -0.25) is 0 Å². The first-order chi connectivity index (χ1) is 17.4. The normalized spacial score (nSPS) is 16.1. The smallest absolute Gasteiger partial charge is 0.410 e. The van der Waals surface area contributed by atoms with Gasteiger partial charge in [0.15, 0.2) is 17.0 Å². The number of ether oxygens (including phenoxy) is 2. The number of imidazole rings is 1. The van der Waals surface area contributed by atoms with Gasteiger partial charge in [0.05, 0.1) is 12.4 Å². The summed E-state index contributed by atoms with van der Waals surface area (Å²) in [6.07, 6.45) is 4.85. The second-order valence-electron chi connectivity index (χ2n) is 9.83. The average Bonchev–Trinajstić information content (AvgIpc) is 3.30. The summed E-state index contributed by atoms with van der Waals surface area (Å²) < 4.78 is 13.5. The molecule has 1 N–H and O–H groups in total. The van der Waals surface area contributed by atoms with Crippen LogP contribution in [0, 0.1) is 0 Å². The third kappa shape index (κ3) is 5.40. The first kappa shape index (κ1) is 23.6. The fraction of sp³-hybridized carbons (Fsp3) is 0.333. The Morgan fingerprint density at radius 1 is 1.00 bits per heavy atom. The summed E-state index contributed by atoms with van der Waals surface area (Å²) in [6, 6.07) is 17.4. The number of amides is 1. The van der Waals surface area contributed by atoms with Crippen molar-refractivity contribution in [2.45, 2.75) is 45.3 Å². The molecule has 3 heterocycles. The van der Waals surface area contributed by atoms with Crippen LogP contribution in [0.25, 0.3) is 11.2 Å². The topological polar surface area (TPSA) is 94.4 Å². The molecule has 0 unspecified atom stereocenters. The van der Waals surface area contributed by atoms with Crippen molar-refractivity contribution in [3.8, 4) is 11.5 Å². The van der Waals surface area contributed by atoms with Gasteiger partial charge in [0.1, 0.15) is 23.4 Å². The van der Waals surface area contributed by atoms with Gasteiger partial charge in [0.25, 0.3) is 0 Å². The number of hydrogen-bond donors (Lipinski definition) is 1. The number of benzene rings is 2. The van der Waals surface area contributed by atoms with Crippen molar-refractivity contribution in [3.05, 3.63) is 67.3 Å². The number of anilines is 2. The van der Waals surface area contributed by atoms with Gasteiger partial charge in [-0.05, 0) is 70.0 Å². The number of fused-ring (bicyclic) bond motifs is 1. The number of carbonyl (C=O) groups excluding carboxylic acids is 1. The summed E-state index contributed by atoms with van der Waals surface area (Å²) in [7, 11) is 0. The lowest BCUT2D eigenvalue weighted by atomic mass is 10.1. The lowest BCUT2D eigenvalue weighted by Crippen LogP contribution is -2.43. The SMILES string of the molecule is CC(C)(C)OC(=O)N1CCC[C@@H](n2cnc3c(Nc4ccc(Oc5ccccc5)cc4)ncnc32)C1. The summed E-state index contributed by atoms with van der Waals surface area (Å²) in [4.78, 5) is 27.9. The van der Waals surface area contributed by atoms with Crippen LogP contribution in [0.15, 0.2) is 67.3 Å². The van der Waals surface area contributed by atoms with E-state index in [1.54, 1.807) is 11.2 Å². The van der Waals surface area contributed by atoms with E-state index in [-0.39, 0.29) is 12.1 Å². The van der Waals surface area contributed by atoms with Gasteiger partial charge >= 0.3 is 6.09 Å². The predicted octanol–water partition coefficient (Wildman–Crippen LogP) is 5.93. The molecule has 1 aliphatic rings. The molecule has 9 heteroatoms. The molecule has 0 radical (unpaired) electrons. The number of rotatable bonds is 5. The van der Waals surface area contributed by atoms with E-state index in [1.165, 1.54) is 6.33 Å². The van der Waals surface area contributed by atoms with Crippen molar-refractivity contribution in [2.24, 2.45) is 0 Å². The molecule has 2 aromatic heterocycles. The van der Waals surface area contributed by atoms with E-state index in [2.05, 4.69) is 20.3 Å². The Morgan fingerprint density at radius 2 is 1.75 bits per heavy atom. The van der Waals surface area contributed by atoms with Crippen molar-refractivity contribution in [1.29, 1.82) is 0 Å². The minimum Gasteiger partial charge on any atom is -0.457 e. The number of carbonyl (C=O) groups is 1. The maximum absolute atomic E-state index is 12.6. The fourth-order valence-electron chi connectivity index (χ4n) is 4.25. The highest BCUT2D eigenvalue weighted by Gasteiger charge is 2.29. The Morgan fingerprint density at radius 3 is 2.50 bits per heavy atom. The molecule has 0 saturated carbocycles. The zero-order valence-corrected chi connectivity index (χ0v) is 20.7. The lowest BCUT2D eigenvalue weighted by Gasteiger charge is -2.34. The molecule has 2 aromatic carbocycles. The van der Waals surface area contributed by atoms with Crippen molar-refractivity contribution >= 4 is 28.8 Å². The van der Waals surface area contributed by atoms with E-state index in [4.69, 9.17) is 9.47 Å². The number of likely N-dealkylation sites (tertiary alicyclic amines) is 1. The third-order valence-corrected chi connectivity index (χ3v) is 5.90. The largest absolute Gasteiger partial charge is 0.457 e. The molecule has 9 nitrogen and oxygen atoms in total. The van der Waals surface area contributed by atoms with Crippen molar-refractivity contribution in [2.75, 3.05) is 18.4 Å². The molecule has 1 aliphatic heterocycles. The van der Waals surface area contributed by atoms with E-state index < -0.39 is 5.60 Å². The summed E-state index contributed by atoms with van der Waals surface area (Å²) in [6.45, 7) is 6.88. The summed E-state index contributed by atoms with van der Waals surface area (Å²) in [5.41, 5.74) is 1.74. The van der Waals surface area contributed by atoms with Gasteiger partial charge in [-0.15, -0.1) is 0 Å². The first-order valence-corrected chi connectivity index (χ1v) is 12.1. The number of piperidine rings is 1. The van der Waals surface area contributed by atoms with E-state index >= 15 is 0 Å². The maximum Gasteiger partial charge on any atom is 0.410 e. The molecule has 1 saturated heterocycles. The molecule has 186 valence electrons. The van der Waals surface area contributed by atoms with Gasteiger partial charge in [-0.2, -0.15) is 0 Å². The minimum absolute atomic E-state index is 0.0634. The molecule has 1 atom stereocenters. The van der Waals surface area contributed by atoms with Crippen molar-refractivity contribution in [1.82, 2.24) is 24.4 Å². The molecule has 4 aromatic rings. The Bertz CT molecular complexity index is 1330. The van der Waals surface area contributed by atoms with Gasteiger partial charge in [-0.25, -0.2) is 19.7 Å². The highest BCUT2D eigenvalue weighted by molar-refractivity contribution is 5.85. The number of nitrogens with zero attached hydrogens (tertiary/aromatic N) is 5. The number of aromatic nitrogens is 4. The summed E-state index contributed by atoms with van der Waals surface area (Å²) in [5.74, 6) is 2.15. The molecule has 36 heavy (non-hydrogen) atoms. The molecule has 0 spiro atoms. The molecule has 0 aliphatic carbocycles. The van der Waals surface area contributed by atoms with Gasteiger partial charge in [0.2, 0.25) is 0 Å². The number of nitrogens with one attached hydrogen (secondary N) is 1. The van der Waals surface area contributed by atoms with Crippen LogP contribution < -0.4 is 10.1 Å². The van der Waals surface area contributed by atoms with Crippen LogP contribution >= 0.6 is 0 Å². The Labute approximate surface area is 210 Å². The highest BCUT2D eigenvalue weighted by atomic mass is 16.6. The second kappa shape index (κ2) is 9.85. The lowest BCUT2D eigenvalue weighted by molar-refractivity contribution is 0.0174. The molecule has 0 bridgehead atoms. The second-order valence-corrected chi connectivity index (χ2v) is 9.83. The van der Waals surface area contributed by atoms with Crippen molar-refractivity contribution in [3.63, 3.8) is 0 Å². The summed E-state index contributed by atoms with van der Waals surface area (Å²) in [5, 5.41) is 3.34. The molecular weight excluding hydrogens is 456 g/mol. The van der Waals surface area contributed by atoms with E-state index in [9.17, 15) is 4.79 Å². The highest BCUT2D eigenvalue weighted by Crippen LogP contribution is 2.29. The molecule has 1 amide bonds. The maximum atomic E-state index is 12.6. The van der Waals surface area contributed by atoms with Crippen LogP contribution in [0.4, 0.5) is 16.3 Å². The standard InChI is InChI=1S/C27H30N6O3/c1-27(2,3)36-26(34)32-15-7-8-20(16-32)33-18-30-23-24(28-17-29-25(23)33)31-19-11-13-22(14-12-19)35-21-9-5-4-6-10-21/h4-6,9-14,17-18,20H,7-8,15-16H2,1-3H3,(H,28,29,31)/t20-/m1/s1. The average molecular weight is 487 g/mol. The Kier molecular flexibility index (Phi) is 6.45. The molecule has 5 rings (SSSR count). The van der Waals surface area contributed by atoms with Crippen LogP contribution in [0.5, 0.6) is 11.5 Å². The molecule has 1 fully saturated rings. The number of para-hydroxylation sites is 1. The van der Waals surface area contributed by atoms with Crippen LogP contribution in [-0.4, -0.2) is 49.2 Å².